The fourth-order valence-corrected chi connectivity index (χ4v) is 3.72. The minimum absolute atomic E-state index is 0.0195. The number of nitrogens with zero attached hydrogens (tertiary/aromatic N) is 3. The minimum atomic E-state index is -0.906. The summed E-state index contributed by atoms with van der Waals surface area (Å²) in [6, 6.07) is 17.1. The molecule has 1 amide bonds. The van der Waals surface area contributed by atoms with Gasteiger partial charge in [0.25, 0.3) is 11.5 Å². The third kappa shape index (κ3) is 6.28. The maximum atomic E-state index is 13.0. The smallest absolute Gasteiger partial charge is 0.306 e. The number of likely N-dealkylation sites (N-methyl/N-ethyl adjacent to an activating group) is 1. The quantitative estimate of drug-likeness (QED) is 0.441. The highest BCUT2D eigenvalue weighted by Gasteiger charge is 2.22. The van der Waals surface area contributed by atoms with E-state index < -0.39 is 12.1 Å². The summed E-state index contributed by atoms with van der Waals surface area (Å²) in [5.74, 6) is -0.809. The van der Waals surface area contributed by atoms with E-state index in [2.05, 4.69) is 11.9 Å². The molecule has 0 aliphatic carbocycles. The van der Waals surface area contributed by atoms with Crippen LogP contribution in [-0.2, 0) is 33.8 Å². The maximum Gasteiger partial charge on any atom is 0.306 e. The van der Waals surface area contributed by atoms with Crippen molar-refractivity contribution in [1.82, 2.24) is 14.5 Å². The van der Waals surface area contributed by atoms with Crippen LogP contribution in [0, 0.1) is 0 Å². The van der Waals surface area contributed by atoms with E-state index >= 15 is 0 Å². The molecule has 0 spiro atoms. The zero-order valence-corrected chi connectivity index (χ0v) is 19.5. The van der Waals surface area contributed by atoms with Crippen molar-refractivity contribution in [3.8, 4) is 0 Å². The SMILES string of the molecule is CCCCn1c(=O)c(CCC(=O)OC(C)C(=O)N(C)Cc2ccccc2)nc2ccccc21. The highest BCUT2D eigenvalue weighted by molar-refractivity contribution is 5.83. The van der Waals surface area contributed by atoms with Gasteiger partial charge in [0.15, 0.2) is 6.10 Å². The van der Waals surface area contributed by atoms with Crippen LogP contribution in [0.1, 0.15) is 44.4 Å². The maximum absolute atomic E-state index is 13.0. The molecule has 7 heteroatoms. The van der Waals surface area contributed by atoms with Crippen molar-refractivity contribution in [1.29, 1.82) is 0 Å². The number of carbonyl (C=O) groups excluding carboxylic acids is 2. The molecule has 3 rings (SSSR count). The molecule has 1 atom stereocenters. The van der Waals surface area contributed by atoms with Crippen LogP contribution in [0.5, 0.6) is 0 Å². The Bertz CT molecular complexity index is 1160. The third-order valence-electron chi connectivity index (χ3n) is 5.52. The lowest BCUT2D eigenvalue weighted by atomic mass is 10.2. The molecule has 0 fully saturated rings. The second-order valence-electron chi connectivity index (χ2n) is 8.17. The summed E-state index contributed by atoms with van der Waals surface area (Å²) in [6.45, 7) is 4.67. The second kappa shape index (κ2) is 11.4. The average molecular weight is 450 g/mol. The lowest BCUT2D eigenvalue weighted by Gasteiger charge is -2.21. The summed E-state index contributed by atoms with van der Waals surface area (Å²) in [6.07, 6.45) is 1.09. The molecule has 1 aromatic heterocycles. The van der Waals surface area contributed by atoms with Crippen molar-refractivity contribution >= 4 is 22.9 Å². The molecule has 174 valence electrons. The number of amides is 1. The predicted molar refractivity (Wildman–Crippen MR) is 128 cm³/mol. The monoisotopic (exact) mass is 449 g/mol. The Hall–Kier alpha value is -3.48. The van der Waals surface area contributed by atoms with E-state index in [0.29, 0.717) is 18.8 Å². The van der Waals surface area contributed by atoms with Gasteiger partial charge in [-0.05, 0) is 31.0 Å². The van der Waals surface area contributed by atoms with Gasteiger partial charge in [-0.2, -0.15) is 0 Å². The second-order valence-corrected chi connectivity index (χ2v) is 8.17. The van der Waals surface area contributed by atoms with Crippen LogP contribution in [-0.4, -0.2) is 39.5 Å². The van der Waals surface area contributed by atoms with Gasteiger partial charge >= 0.3 is 5.97 Å². The Morgan fingerprint density at radius 2 is 1.79 bits per heavy atom. The van der Waals surface area contributed by atoms with E-state index in [9.17, 15) is 14.4 Å². The number of hydrogen-bond acceptors (Lipinski definition) is 5. The number of fused-ring (bicyclic) bond motifs is 1. The van der Waals surface area contributed by atoms with E-state index in [1.54, 1.807) is 18.5 Å². The molecule has 1 heterocycles. The lowest BCUT2D eigenvalue weighted by Crippen LogP contribution is -2.37. The number of para-hydroxylation sites is 2. The summed E-state index contributed by atoms with van der Waals surface area (Å²) in [7, 11) is 1.68. The van der Waals surface area contributed by atoms with Crippen molar-refractivity contribution in [3.63, 3.8) is 0 Å². The van der Waals surface area contributed by atoms with E-state index in [1.807, 2.05) is 54.6 Å². The molecule has 0 saturated carbocycles. The van der Waals surface area contributed by atoms with Gasteiger partial charge < -0.3 is 14.2 Å². The van der Waals surface area contributed by atoms with Crippen LogP contribution in [0.15, 0.2) is 59.4 Å². The molecular formula is C26H31N3O4. The largest absolute Gasteiger partial charge is 0.453 e. The summed E-state index contributed by atoms with van der Waals surface area (Å²) in [4.78, 5) is 44.0. The Morgan fingerprint density at radius 1 is 1.09 bits per heavy atom. The Labute approximate surface area is 194 Å². The number of ether oxygens (including phenoxy) is 1. The number of carbonyl (C=O) groups is 2. The summed E-state index contributed by atoms with van der Waals surface area (Å²) >= 11 is 0. The number of rotatable bonds is 10. The standard InChI is InChI=1S/C26H31N3O4/c1-4-5-17-29-23-14-10-9-13-21(23)27-22(26(29)32)15-16-24(30)33-19(2)25(31)28(3)18-20-11-7-6-8-12-20/h6-14,19H,4-5,15-18H2,1-3H3. The van der Waals surface area contributed by atoms with Crippen molar-refractivity contribution in [3.05, 3.63) is 76.2 Å². The van der Waals surface area contributed by atoms with Gasteiger partial charge in [0.05, 0.1) is 17.5 Å². The topological polar surface area (TPSA) is 81.5 Å². The molecule has 0 aliphatic heterocycles. The van der Waals surface area contributed by atoms with E-state index in [-0.39, 0.29) is 24.3 Å². The van der Waals surface area contributed by atoms with Crippen LogP contribution in [0.2, 0.25) is 0 Å². The number of hydrogen-bond donors (Lipinski definition) is 0. The normalized spacial score (nSPS) is 11.8. The van der Waals surface area contributed by atoms with Gasteiger partial charge in [0.2, 0.25) is 0 Å². The molecule has 0 saturated heterocycles. The first-order valence-corrected chi connectivity index (χ1v) is 11.4. The molecule has 0 bridgehead atoms. The van der Waals surface area contributed by atoms with E-state index in [4.69, 9.17) is 4.74 Å². The number of aryl methyl sites for hydroxylation is 2. The summed E-state index contributed by atoms with van der Waals surface area (Å²) in [5, 5.41) is 0. The summed E-state index contributed by atoms with van der Waals surface area (Å²) in [5.41, 5.74) is 2.67. The van der Waals surface area contributed by atoms with E-state index in [1.165, 1.54) is 4.90 Å². The first kappa shape index (κ1) is 24.2. The van der Waals surface area contributed by atoms with Gasteiger partial charge in [-0.15, -0.1) is 0 Å². The highest BCUT2D eigenvalue weighted by Crippen LogP contribution is 2.12. The average Bonchev–Trinajstić information content (AvgIpc) is 2.82. The highest BCUT2D eigenvalue weighted by atomic mass is 16.5. The predicted octanol–water partition coefficient (Wildman–Crippen LogP) is 3.72. The Kier molecular flexibility index (Phi) is 8.35. The molecule has 0 radical (unpaired) electrons. The molecule has 3 aromatic rings. The molecule has 33 heavy (non-hydrogen) atoms. The Balaban J connectivity index is 1.62. The van der Waals surface area contributed by atoms with Crippen LogP contribution >= 0.6 is 0 Å². The van der Waals surface area contributed by atoms with Crippen molar-refractivity contribution in [2.45, 2.75) is 58.7 Å². The number of benzene rings is 2. The van der Waals surface area contributed by atoms with Crippen molar-refractivity contribution in [2.75, 3.05) is 7.05 Å². The number of aromatic nitrogens is 2. The van der Waals surface area contributed by atoms with Crippen molar-refractivity contribution in [2.24, 2.45) is 0 Å². The fourth-order valence-electron chi connectivity index (χ4n) is 3.72. The van der Waals surface area contributed by atoms with Crippen LogP contribution in [0.3, 0.4) is 0 Å². The van der Waals surface area contributed by atoms with Crippen LogP contribution < -0.4 is 5.56 Å². The molecule has 1 unspecified atom stereocenters. The van der Waals surface area contributed by atoms with Gasteiger partial charge in [-0.1, -0.05) is 55.8 Å². The van der Waals surface area contributed by atoms with Crippen molar-refractivity contribution < 1.29 is 14.3 Å². The molecular weight excluding hydrogens is 418 g/mol. The molecule has 0 aliphatic rings. The minimum Gasteiger partial charge on any atom is -0.453 e. The fraction of sp³-hybridized carbons (Fsp3) is 0.385. The zero-order valence-electron chi connectivity index (χ0n) is 19.5. The van der Waals surface area contributed by atoms with E-state index in [0.717, 1.165) is 29.4 Å². The van der Waals surface area contributed by atoms with Gasteiger partial charge in [-0.25, -0.2) is 4.98 Å². The Morgan fingerprint density at radius 3 is 2.52 bits per heavy atom. The molecule has 2 aromatic carbocycles. The molecule has 7 nitrogen and oxygen atoms in total. The third-order valence-corrected chi connectivity index (χ3v) is 5.52. The first-order valence-electron chi connectivity index (χ1n) is 11.4. The summed E-state index contributed by atoms with van der Waals surface area (Å²) < 4.78 is 7.08. The van der Waals surface area contributed by atoms with Crippen LogP contribution in [0.25, 0.3) is 11.0 Å². The number of esters is 1. The van der Waals surface area contributed by atoms with Crippen LogP contribution in [0.4, 0.5) is 0 Å². The first-order chi connectivity index (χ1) is 15.9. The van der Waals surface area contributed by atoms with Gasteiger partial charge in [0.1, 0.15) is 5.69 Å². The zero-order chi connectivity index (χ0) is 23.8. The number of unbranched alkanes of at least 4 members (excludes halogenated alkanes) is 1. The molecule has 0 N–H and O–H groups in total. The lowest BCUT2D eigenvalue weighted by molar-refractivity contribution is -0.158. The van der Waals surface area contributed by atoms with Gasteiger partial charge in [-0.3, -0.25) is 14.4 Å². The van der Waals surface area contributed by atoms with Gasteiger partial charge in [0, 0.05) is 26.6 Å².